The lowest BCUT2D eigenvalue weighted by atomic mass is 9.98. The Bertz CT molecular complexity index is 1220. The Morgan fingerprint density at radius 3 is 2.74 bits per heavy atom. The highest BCUT2D eigenvalue weighted by Gasteiger charge is 2.32. The number of nitrogens with zero attached hydrogens (tertiary/aromatic N) is 2. The highest BCUT2D eigenvalue weighted by Crippen LogP contribution is 2.43. The molecule has 0 fully saturated rings. The minimum Gasteiger partial charge on any atom is -0.477 e. The van der Waals surface area contributed by atoms with Crippen LogP contribution in [0.15, 0.2) is 17.2 Å². The van der Waals surface area contributed by atoms with Crippen LogP contribution in [-0.2, 0) is 41.1 Å². The summed E-state index contributed by atoms with van der Waals surface area (Å²) in [5, 5.41) is 18.2. The Labute approximate surface area is 197 Å². The molecule has 0 aliphatic heterocycles. The highest BCUT2D eigenvalue weighted by atomic mass is 32.2. The number of carboxylic acid groups (broad SMARTS) is 1. The van der Waals surface area contributed by atoms with Crippen molar-refractivity contribution in [3.63, 3.8) is 0 Å². The Kier molecular flexibility index (Phi) is 6.91. The van der Waals surface area contributed by atoms with Crippen LogP contribution in [-0.4, -0.2) is 55.5 Å². The Morgan fingerprint density at radius 2 is 2.03 bits per heavy atom. The van der Waals surface area contributed by atoms with Crippen LogP contribution in [0.5, 0.6) is 0 Å². The summed E-state index contributed by atoms with van der Waals surface area (Å²) in [4.78, 5) is 24.0. The van der Waals surface area contributed by atoms with Gasteiger partial charge in [-0.25, -0.2) is 14.3 Å². The standard InChI is InChI=1S/C22H29N5O6S/c1-23-9-4-10-33-18-8-7-15-16(18)11-13-5-3-6-14(13)20(15)24-22(30)26-34(31,32)19-12-17(21(28)29)27(2)25-19/h11-12,18,23H,3-10H2,1-2H3,(H,28,29)(H2,24,26,30). The molecule has 2 aliphatic rings. The maximum Gasteiger partial charge on any atom is 0.354 e. The van der Waals surface area contributed by atoms with E-state index in [1.54, 1.807) is 0 Å². The number of benzene rings is 1. The van der Waals surface area contributed by atoms with Crippen LogP contribution in [0.3, 0.4) is 0 Å². The zero-order valence-electron chi connectivity index (χ0n) is 19.2. The third-order valence-electron chi connectivity index (χ3n) is 6.25. The fraction of sp³-hybridized carbons (Fsp3) is 0.500. The molecule has 4 N–H and O–H groups in total. The van der Waals surface area contributed by atoms with Gasteiger partial charge in [-0.15, -0.1) is 0 Å². The zero-order valence-corrected chi connectivity index (χ0v) is 20.0. The van der Waals surface area contributed by atoms with Gasteiger partial charge < -0.3 is 20.5 Å². The predicted molar refractivity (Wildman–Crippen MR) is 124 cm³/mol. The van der Waals surface area contributed by atoms with Crippen LogP contribution in [0.25, 0.3) is 0 Å². The van der Waals surface area contributed by atoms with Gasteiger partial charge in [0, 0.05) is 25.4 Å². The Morgan fingerprint density at radius 1 is 1.24 bits per heavy atom. The lowest BCUT2D eigenvalue weighted by Gasteiger charge is -2.18. The van der Waals surface area contributed by atoms with Gasteiger partial charge in [-0.3, -0.25) is 4.68 Å². The second kappa shape index (κ2) is 9.72. The number of aromatic carboxylic acids is 1. The van der Waals surface area contributed by atoms with Crippen LogP contribution in [0, 0.1) is 0 Å². The molecule has 0 radical (unpaired) electrons. The van der Waals surface area contributed by atoms with Gasteiger partial charge in [-0.05, 0) is 74.4 Å². The van der Waals surface area contributed by atoms with E-state index >= 15 is 0 Å². The summed E-state index contributed by atoms with van der Waals surface area (Å²) in [6.45, 7) is 1.50. The number of fused-ring (bicyclic) bond motifs is 2. The van der Waals surface area contributed by atoms with Gasteiger partial charge in [0.2, 0.25) is 0 Å². The zero-order chi connectivity index (χ0) is 24.5. The number of carboxylic acids is 1. The number of carbonyl (C=O) groups is 2. The van der Waals surface area contributed by atoms with E-state index in [4.69, 9.17) is 9.84 Å². The average Bonchev–Trinajstić information content (AvgIpc) is 3.49. The normalized spacial score (nSPS) is 16.8. The number of rotatable bonds is 9. The number of urea groups is 1. The molecule has 0 saturated heterocycles. The molecule has 4 rings (SSSR count). The molecule has 2 aliphatic carbocycles. The Balaban J connectivity index is 1.54. The monoisotopic (exact) mass is 491 g/mol. The molecule has 0 spiro atoms. The number of hydrogen-bond donors (Lipinski definition) is 4. The third kappa shape index (κ3) is 4.79. The third-order valence-corrected chi connectivity index (χ3v) is 7.46. The van der Waals surface area contributed by atoms with Crippen molar-refractivity contribution in [2.75, 3.05) is 25.5 Å². The fourth-order valence-corrected chi connectivity index (χ4v) is 5.58. The Hall–Kier alpha value is -2.96. The summed E-state index contributed by atoms with van der Waals surface area (Å²) in [7, 11) is -1.14. The maximum atomic E-state index is 12.8. The average molecular weight is 492 g/mol. The molecule has 11 nitrogen and oxygen atoms in total. The molecule has 1 heterocycles. The first-order valence-electron chi connectivity index (χ1n) is 11.3. The van der Waals surface area contributed by atoms with E-state index < -0.39 is 27.0 Å². The van der Waals surface area contributed by atoms with Gasteiger partial charge in [-0.1, -0.05) is 6.07 Å². The fourth-order valence-electron chi connectivity index (χ4n) is 4.69. The summed E-state index contributed by atoms with van der Waals surface area (Å²) in [6.07, 6.45) is 5.05. The van der Waals surface area contributed by atoms with Crippen molar-refractivity contribution < 1.29 is 27.9 Å². The summed E-state index contributed by atoms with van der Waals surface area (Å²) in [6, 6.07) is 2.17. The van der Waals surface area contributed by atoms with Crippen LogP contribution >= 0.6 is 0 Å². The minimum atomic E-state index is -4.36. The van der Waals surface area contributed by atoms with Gasteiger partial charge in [0.15, 0.2) is 5.03 Å². The first kappa shape index (κ1) is 24.2. The summed E-state index contributed by atoms with van der Waals surface area (Å²) >= 11 is 0. The van der Waals surface area contributed by atoms with Gasteiger partial charge in [0.25, 0.3) is 10.0 Å². The molecule has 1 aromatic heterocycles. The number of anilines is 1. The lowest BCUT2D eigenvalue weighted by molar-refractivity contribution is 0.0526. The van der Waals surface area contributed by atoms with Crippen LogP contribution in [0.1, 0.15) is 58.1 Å². The molecular weight excluding hydrogens is 462 g/mol. The summed E-state index contributed by atoms with van der Waals surface area (Å²) < 4.78 is 34.3. The largest absolute Gasteiger partial charge is 0.477 e. The van der Waals surface area contributed by atoms with E-state index in [9.17, 15) is 18.0 Å². The minimum absolute atomic E-state index is 0.0481. The molecule has 1 aromatic carbocycles. The van der Waals surface area contributed by atoms with E-state index in [1.807, 2.05) is 11.8 Å². The van der Waals surface area contributed by atoms with Crippen molar-refractivity contribution in [2.45, 2.75) is 49.7 Å². The van der Waals surface area contributed by atoms with Crippen molar-refractivity contribution >= 4 is 27.7 Å². The van der Waals surface area contributed by atoms with Gasteiger partial charge in [-0.2, -0.15) is 13.5 Å². The molecule has 0 saturated carbocycles. The SMILES string of the molecule is CNCCCOC1CCc2c1cc1c(c2NC(=O)NS(=O)(=O)c2cc(C(=O)O)n(C)n2)CCC1. The van der Waals surface area contributed by atoms with Crippen molar-refractivity contribution in [1.29, 1.82) is 0 Å². The number of aromatic nitrogens is 2. The maximum absolute atomic E-state index is 12.8. The topological polar surface area (TPSA) is 152 Å². The number of ether oxygens (including phenoxy) is 1. The van der Waals surface area contributed by atoms with E-state index in [0.717, 1.165) is 78.1 Å². The number of hydrogen-bond acceptors (Lipinski definition) is 7. The van der Waals surface area contributed by atoms with E-state index in [1.165, 1.54) is 7.05 Å². The van der Waals surface area contributed by atoms with E-state index in [-0.39, 0.29) is 11.8 Å². The van der Waals surface area contributed by atoms with Crippen molar-refractivity contribution in [1.82, 2.24) is 19.8 Å². The number of amides is 2. The number of sulfonamides is 1. The van der Waals surface area contributed by atoms with Crippen LogP contribution < -0.4 is 15.4 Å². The van der Waals surface area contributed by atoms with Gasteiger partial charge in [0.05, 0.1) is 6.10 Å². The predicted octanol–water partition coefficient (Wildman–Crippen LogP) is 1.73. The van der Waals surface area contributed by atoms with Crippen LogP contribution in [0.2, 0.25) is 0 Å². The van der Waals surface area contributed by atoms with Crippen molar-refractivity contribution in [2.24, 2.45) is 7.05 Å². The molecule has 12 heteroatoms. The van der Waals surface area contributed by atoms with E-state index in [0.29, 0.717) is 12.3 Å². The van der Waals surface area contributed by atoms with Crippen LogP contribution in [0.4, 0.5) is 10.5 Å². The molecular formula is C22H29N5O6S. The van der Waals surface area contributed by atoms with Gasteiger partial charge in [0.1, 0.15) is 5.69 Å². The molecule has 34 heavy (non-hydrogen) atoms. The first-order valence-corrected chi connectivity index (χ1v) is 12.7. The van der Waals surface area contributed by atoms with E-state index in [2.05, 4.69) is 21.8 Å². The number of nitrogens with one attached hydrogen (secondary N) is 3. The lowest BCUT2D eigenvalue weighted by Crippen LogP contribution is -2.35. The quantitative estimate of drug-likeness (QED) is 0.387. The first-order chi connectivity index (χ1) is 16.2. The molecule has 184 valence electrons. The summed E-state index contributed by atoms with van der Waals surface area (Å²) in [5.74, 6) is -1.32. The molecule has 1 atom stereocenters. The van der Waals surface area contributed by atoms with Crippen molar-refractivity contribution in [3.05, 3.63) is 40.1 Å². The highest BCUT2D eigenvalue weighted by molar-refractivity contribution is 7.90. The van der Waals surface area contributed by atoms with Gasteiger partial charge >= 0.3 is 12.0 Å². The second-order valence-corrected chi connectivity index (χ2v) is 10.2. The molecule has 2 aromatic rings. The van der Waals surface area contributed by atoms with Crippen molar-refractivity contribution in [3.8, 4) is 0 Å². The number of carbonyl (C=O) groups excluding carboxylic acids is 1. The molecule has 1 unspecified atom stereocenters. The molecule has 2 amide bonds. The second-order valence-electron chi connectivity index (χ2n) is 8.52. The summed E-state index contributed by atoms with van der Waals surface area (Å²) in [5.41, 5.74) is 4.58. The number of aryl methyl sites for hydroxylation is 2. The molecule has 0 bridgehead atoms. The smallest absolute Gasteiger partial charge is 0.354 e.